The van der Waals surface area contributed by atoms with Gasteiger partial charge < -0.3 is 10.6 Å². The second kappa shape index (κ2) is 2.90. The van der Waals surface area contributed by atoms with E-state index >= 15 is 0 Å². The molecule has 1 saturated carbocycles. The second-order valence-corrected chi connectivity index (χ2v) is 3.75. The summed E-state index contributed by atoms with van der Waals surface area (Å²) in [5.74, 6) is 1.06. The first-order valence-corrected chi connectivity index (χ1v) is 4.29. The second-order valence-electron chi connectivity index (χ2n) is 2.39. The highest BCUT2D eigenvalue weighted by atomic mass is 32.2. The average Bonchev–Trinajstić information content (AvgIpc) is 2.65. The summed E-state index contributed by atoms with van der Waals surface area (Å²) in [6.07, 6.45) is 2.66. The number of nitrogens with one attached hydrogen (secondary N) is 2. The first kappa shape index (κ1) is 7.38. The van der Waals surface area contributed by atoms with Crippen LogP contribution in [0, 0.1) is 0 Å². The summed E-state index contributed by atoms with van der Waals surface area (Å²) in [5, 5.41) is 6.43. The third kappa shape index (κ3) is 1.85. The van der Waals surface area contributed by atoms with E-state index < -0.39 is 0 Å². The third-order valence-electron chi connectivity index (χ3n) is 1.65. The molecule has 0 amide bonds. The minimum Gasteiger partial charge on any atom is -0.311 e. The predicted molar refractivity (Wildman–Crippen MR) is 42.5 cm³/mol. The Kier molecular flexibility index (Phi) is 2.38. The standard InChI is InChI=1S/C6H14N2S/c1-7-5-9-6(8-2)3-4-6/h7-8H,3-5H2,1-2H3. The quantitative estimate of drug-likeness (QED) is 0.568. The van der Waals surface area contributed by atoms with Crippen molar-refractivity contribution in [3.05, 3.63) is 0 Å². The van der Waals surface area contributed by atoms with Crippen LogP contribution in [0.15, 0.2) is 0 Å². The van der Waals surface area contributed by atoms with E-state index in [4.69, 9.17) is 0 Å². The molecule has 0 aromatic rings. The lowest BCUT2D eigenvalue weighted by molar-refractivity contribution is 0.750. The fourth-order valence-electron chi connectivity index (χ4n) is 0.790. The van der Waals surface area contributed by atoms with Gasteiger partial charge in [-0.05, 0) is 26.9 Å². The largest absolute Gasteiger partial charge is 0.311 e. The Hall–Kier alpha value is 0.270. The van der Waals surface area contributed by atoms with Crippen molar-refractivity contribution in [2.75, 3.05) is 20.0 Å². The Balaban J connectivity index is 2.10. The first-order valence-electron chi connectivity index (χ1n) is 3.30. The van der Waals surface area contributed by atoms with Crippen molar-refractivity contribution in [1.29, 1.82) is 0 Å². The van der Waals surface area contributed by atoms with Crippen LogP contribution < -0.4 is 10.6 Å². The van der Waals surface area contributed by atoms with Gasteiger partial charge in [0.25, 0.3) is 0 Å². The lowest BCUT2D eigenvalue weighted by Gasteiger charge is -2.11. The minimum absolute atomic E-state index is 0.447. The van der Waals surface area contributed by atoms with Gasteiger partial charge in [0.15, 0.2) is 0 Å². The number of hydrogen-bond acceptors (Lipinski definition) is 3. The van der Waals surface area contributed by atoms with E-state index in [1.807, 2.05) is 25.9 Å². The summed E-state index contributed by atoms with van der Waals surface area (Å²) >= 11 is 1.97. The lowest BCUT2D eigenvalue weighted by Crippen LogP contribution is -2.25. The smallest absolute Gasteiger partial charge is 0.0657 e. The van der Waals surface area contributed by atoms with E-state index in [-0.39, 0.29) is 0 Å². The van der Waals surface area contributed by atoms with Crippen LogP contribution >= 0.6 is 11.8 Å². The normalized spacial score (nSPS) is 22.0. The molecular weight excluding hydrogens is 132 g/mol. The fourth-order valence-corrected chi connectivity index (χ4v) is 1.75. The van der Waals surface area contributed by atoms with Crippen molar-refractivity contribution in [1.82, 2.24) is 10.6 Å². The predicted octanol–water partition coefficient (Wildman–Crippen LogP) is 0.606. The highest BCUT2D eigenvalue weighted by Gasteiger charge is 2.41. The van der Waals surface area contributed by atoms with Crippen LogP contribution in [0.4, 0.5) is 0 Å². The zero-order valence-electron chi connectivity index (χ0n) is 6.03. The molecule has 1 aliphatic rings. The molecule has 0 radical (unpaired) electrons. The van der Waals surface area contributed by atoms with Gasteiger partial charge in [-0.3, -0.25) is 0 Å². The number of rotatable bonds is 4. The molecule has 1 rings (SSSR count). The molecule has 0 spiro atoms. The number of hydrogen-bond donors (Lipinski definition) is 2. The summed E-state index contributed by atoms with van der Waals surface area (Å²) < 4.78 is 0. The SMILES string of the molecule is CNCSC1(NC)CC1. The zero-order chi connectivity index (χ0) is 6.74. The maximum atomic E-state index is 3.31. The van der Waals surface area contributed by atoms with Crippen LogP contribution in [-0.2, 0) is 0 Å². The Labute approximate surface area is 60.8 Å². The van der Waals surface area contributed by atoms with E-state index in [1.165, 1.54) is 12.8 Å². The molecule has 0 aromatic heterocycles. The number of thioether (sulfide) groups is 1. The fraction of sp³-hybridized carbons (Fsp3) is 1.00. The van der Waals surface area contributed by atoms with Gasteiger partial charge in [0.05, 0.1) is 4.87 Å². The molecule has 0 atom stereocenters. The van der Waals surface area contributed by atoms with E-state index in [1.54, 1.807) is 0 Å². The van der Waals surface area contributed by atoms with Crippen LogP contribution in [0.3, 0.4) is 0 Å². The van der Waals surface area contributed by atoms with Crippen LogP contribution in [0.5, 0.6) is 0 Å². The highest BCUT2D eigenvalue weighted by molar-refractivity contribution is 8.00. The van der Waals surface area contributed by atoms with Gasteiger partial charge in [0.1, 0.15) is 0 Å². The molecule has 9 heavy (non-hydrogen) atoms. The lowest BCUT2D eigenvalue weighted by atomic mass is 10.7. The van der Waals surface area contributed by atoms with Gasteiger partial charge >= 0.3 is 0 Å². The summed E-state index contributed by atoms with van der Waals surface area (Å²) in [6, 6.07) is 0. The molecule has 0 unspecified atom stereocenters. The monoisotopic (exact) mass is 146 g/mol. The molecule has 0 aliphatic heterocycles. The van der Waals surface area contributed by atoms with Crippen molar-refractivity contribution in [2.45, 2.75) is 17.7 Å². The zero-order valence-corrected chi connectivity index (χ0v) is 6.85. The van der Waals surface area contributed by atoms with E-state index in [2.05, 4.69) is 10.6 Å². The molecule has 2 nitrogen and oxygen atoms in total. The molecule has 2 N–H and O–H groups in total. The van der Waals surface area contributed by atoms with Crippen molar-refractivity contribution >= 4 is 11.8 Å². The van der Waals surface area contributed by atoms with Crippen LogP contribution in [0.25, 0.3) is 0 Å². The van der Waals surface area contributed by atoms with Crippen LogP contribution in [-0.4, -0.2) is 24.8 Å². The third-order valence-corrected chi connectivity index (χ3v) is 3.25. The van der Waals surface area contributed by atoms with Crippen molar-refractivity contribution < 1.29 is 0 Å². The Morgan fingerprint density at radius 3 is 2.44 bits per heavy atom. The van der Waals surface area contributed by atoms with Gasteiger partial charge in [-0.2, -0.15) is 0 Å². The van der Waals surface area contributed by atoms with E-state index in [0.717, 1.165) is 5.88 Å². The van der Waals surface area contributed by atoms with Crippen molar-refractivity contribution in [3.8, 4) is 0 Å². The minimum atomic E-state index is 0.447. The van der Waals surface area contributed by atoms with Gasteiger partial charge in [0, 0.05) is 5.88 Å². The van der Waals surface area contributed by atoms with Gasteiger partial charge in [-0.15, -0.1) is 11.8 Å². The Morgan fingerprint density at radius 2 is 2.11 bits per heavy atom. The molecule has 0 bridgehead atoms. The molecule has 3 heteroatoms. The van der Waals surface area contributed by atoms with E-state index in [0.29, 0.717) is 4.87 Å². The summed E-state index contributed by atoms with van der Waals surface area (Å²) in [7, 11) is 4.02. The summed E-state index contributed by atoms with van der Waals surface area (Å²) in [4.78, 5) is 0.447. The molecule has 0 aromatic carbocycles. The average molecular weight is 146 g/mol. The van der Waals surface area contributed by atoms with Gasteiger partial charge in [0.2, 0.25) is 0 Å². The molecule has 54 valence electrons. The van der Waals surface area contributed by atoms with Crippen molar-refractivity contribution in [2.24, 2.45) is 0 Å². The highest BCUT2D eigenvalue weighted by Crippen LogP contribution is 2.44. The maximum Gasteiger partial charge on any atom is 0.0657 e. The van der Waals surface area contributed by atoms with Crippen LogP contribution in [0.1, 0.15) is 12.8 Å². The first-order chi connectivity index (χ1) is 4.33. The van der Waals surface area contributed by atoms with E-state index in [9.17, 15) is 0 Å². The molecule has 0 heterocycles. The Bertz CT molecular complexity index is 91.1. The maximum absolute atomic E-state index is 3.31. The Morgan fingerprint density at radius 1 is 1.44 bits per heavy atom. The molecule has 1 fully saturated rings. The van der Waals surface area contributed by atoms with Crippen LogP contribution in [0.2, 0.25) is 0 Å². The van der Waals surface area contributed by atoms with Crippen molar-refractivity contribution in [3.63, 3.8) is 0 Å². The van der Waals surface area contributed by atoms with Gasteiger partial charge in [-0.25, -0.2) is 0 Å². The summed E-state index contributed by atoms with van der Waals surface area (Å²) in [6.45, 7) is 0. The molecule has 0 saturated heterocycles. The topological polar surface area (TPSA) is 24.1 Å². The molecular formula is C6H14N2S. The summed E-state index contributed by atoms with van der Waals surface area (Å²) in [5.41, 5.74) is 0. The molecule has 1 aliphatic carbocycles. The van der Waals surface area contributed by atoms with Gasteiger partial charge in [-0.1, -0.05) is 0 Å².